The van der Waals surface area contributed by atoms with Gasteiger partial charge in [0.15, 0.2) is 0 Å². The Bertz CT molecular complexity index is 1040. The number of thioether (sulfide) groups is 1. The number of likely N-dealkylation sites (tertiary alicyclic amines) is 1. The second-order valence-corrected chi connectivity index (χ2v) is 12.2. The molecule has 4 rings (SSSR count). The molecular weight excluding hydrogens is 556 g/mol. The Morgan fingerprint density at radius 3 is 2.66 bits per heavy atom. The number of hydrogen-bond acceptors (Lipinski definition) is 6. The molecule has 3 aliphatic heterocycles. The number of esters is 1. The minimum absolute atomic E-state index is 0.0520. The number of nitrogens with zero attached hydrogens (tertiary/aromatic N) is 2. The number of rotatable bonds is 9. The number of halogens is 2. The second-order valence-electron chi connectivity index (χ2n) is 9.07. The van der Waals surface area contributed by atoms with Crippen molar-refractivity contribution in [1.29, 1.82) is 0 Å². The molecule has 1 aromatic rings. The molecule has 188 valence electrons. The maximum absolute atomic E-state index is 14.3. The number of benzene rings is 1. The zero-order valence-electron chi connectivity index (χ0n) is 19.3. The maximum atomic E-state index is 14.3. The topological polar surface area (TPSA) is 87.1 Å². The molecule has 3 saturated heterocycles. The zero-order valence-corrected chi connectivity index (χ0v) is 22.5. The Balaban J connectivity index is 1.80. The molecule has 10 heteroatoms. The van der Waals surface area contributed by atoms with Crippen LogP contribution in [-0.2, 0) is 19.1 Å². The van der Waals surface area contributed by atoms with Gasteiger partial charge in [-0.15, -0.1) is 18.3 Å². The Hall–Kier alpha value is -1.81. The highest BCUT2D eigenvalue weighted by atomic mass is 79.9. The Labute approximate surface area is 222 Å². The Morgan fingerprint density at radius 1 is 1.37 bits per heavy atom. The highest BCUT2D eigenvalue weighted by Crippen LogP contribution is 2.68. The van der Waals surface area contributed by atoms with Crippen molar-refractivity contribution in [2.45, 2.75) is 40.3 Å². The number of ether oxygens (including phenoxy) is 1. The van der Waals surface area contributed by atoms with E-state index in [4.69, 9.17) is 16.3 Å². The molecule has 3 heterocycles. The van der Waals surface area contributed by atoms with E-state index >= 15 is 0 Å². The Morgan fingerprint density at radius 2 is 2.06 bits per heavy atom. The standard InChI is InChI=1S/C25H28BrClN2O5S/c1-4-10-28(16-8-6-15(27)7-9-16)23(32)21-25-12-17(26)20(35-25)18(24(33)34-11-5-2)19(25)22(31)29(21)14(3)13-30/h4-9,14,17-21,30H,1-2,10-13H2,3H3/t14-,17?,18+,19+,20+,21?,25?/m1/s1. The fraction of sp³-hybridized carbons (Fsp3) is 0.480. The first-order chi connectivity index (χ1) is 16.7. The lowest BCUT2D eigenvalue weighted by molar-refractivity contribution is -0.153. The molecule has 2 bridgehead atoms. The number of amides is 2. The van der Waals surface area contributed by atoms with Crippen LogP contribution in [0.5, 0.6) is 0 Å². The van der Waals surface area contributed by atoms with Gasteiger partial charge in [-0.2, -0.15) is 0 Å². The fourth-order valence-electron chi connectivity index (χ4n) is 5.64. The number of carbonyl (C=O) groups excluding carboxylic acids is 3. The van der Waals surface area contributed by atoms with Crippen molar-refractivity contribution in [3.8, 4) is 0 Å². The van der Waals surface area contributed by atoms with Crippen molar-refractivity contribution in [1.82, 2.24) is 4.90 Å². The average molecular weight is 584 g/mol. The number of fused-ring (bicyclic) bond motifs is 1. The van der Waals surface area contributed by atoms with E-state index in [1.807, 2.05) is 0 Å². The van der Waals surface area contributed by atoms with E-state index in [1.54, 1.807) is 42.2 Å². The number of aliphatic hydroxyl groups is 1. The molecular formula is C25H28BrClN2O5S. The summed E-state index contributed by atoms with van der Waals surface area (Å²) < 4.78 is 4.55. The van der Waals surface area contributed by atoms with Crippen molar-refractivity contribution in [3.05, 3.63) is 54.6 Å². The van der Waals surface area contributed by atoms with E-state index in [-0.39, 0.29) is 41.6 Å². The molecule has 35 heavy (non-hydrogen) atoms. The van der Waals surface area contributed by atoms with E-state index in [1.165, 1.54) is 22.7 Å². The van der Waals surface area contributed by atoms with E-state index in [0.717, 1.165) is 0 Å². The smallest absolute Gasteiger partial charge is 0.311 e. The van der Waals surface area contributed by atoms with Crippen LogP contribution in [0.4, 0.5) is 5.69 Å². The number of carbonyl (C=O) groups is 3. The van der Waals surface area contributed by atoms with Crippen LogP contribution in [-0.4, -0.2) is 74.5 Å². The van der Waals surface area contributed by atoms with Crippen LogP contribution < -0.4 is 4.90 Å². The van der Waals surface area contributed by atoms with E-state index < -0.39 is 34.6 Å². The van der Waals surface area contributed by atoms with Crippen LogP contribution in [0.25, 0.3) is 0 Å². The summed E-state index contributed by atoms with van der Waals surface area (Å²) in [6.45, 7) is 9.08. The van der Waals surface area contributed by atoms with Gasteiger partial charge in [0.25, 0.3) is 5.91 Å². The summed E-state index contributed by atoms with van der Waals surface area (Å²) in [5.74, 6) is -2.45. The van der Waals surface area contributed by atoms with Crippen LogP contribution in [0.2, 0.25) is 5.02 Å². The molecule has 1 aromatic carbocycles. The van der Waals surface area contributed by atoms with Gasteiger partial charge in [-0.3, -0.25) is 14.4 Å². The average Bonchev–Trinajstić information content (AvgIpc) is 3.44. The first-order valence-electron chi connectivity index (χ1n) is 11.4. The molecule has 0 saturated carbocycles. The normalized spacial score (nSPS) is 31.7. The quantitative estimate of drug-likeness (QED) is 0.272. The highest BCUT2D eigenvalue weighted by molar-refractivity contribution is 9.09. The molecule has 1 N–H and O–H groups in total. The molecule has 7 atom stereocenters. The van der Waals surface area contributed by atoms with Crippen molar-refractivity contribution < 1.29 is 24.2 Å². The number of aliphatic hydroxyl groups excluding tert-OH is 1. The predicted molar refractivity (Wildman–Crippen MR) is 141 cm³/mol. The van der Waals surface area contributed by atoms with Crippen molar-refractivity contribution in [3.63, 3.8) is 0 Å². The third-order valence-electron chi connectivity index (χ3n) is 7.03. The van der Waals surface area contributed by atoms with Gasteiger partial charge < -0.3 is 19.6 Å². The van der Waals surface area contributed by atoms with Crippen LogP contribution in [0.1, 0.15) is 13.3 Å². The monoisotopic (exact) mass is 582 g/mol. The molecule has 0 aliphatic carbocycles. The lowest BCUT2D eigenvalue weighted by atomic mass is 9.71. The van der Waals surface area contributed by atoms with Crippen molar-refractivity contribution >= 4 is 62.8 Å². The second kappa shape index (κ2) is 10.3. The molecule has 1 spiro atoms. The van der Waals surface area contributed by atoms with Gasteiger partial charge in [0.1, 0.15) is 12.6 Å². The van der Waals surface area contributed by atoms with Gasteiger partial charge in [0.05, 0.1) is 29.2 Å². The summed E-state index contributed by atoms with van der Waals surface area (Å²) in [5, 5.41) is 10.3. The zero-order chi connectivity index (χ0) is 25.5. The SMILES string of the molecule is C=CCOC(=O)[C@H]1[C@H]2C(=O)N([C@H](C)CO)C(C(=O)N(CC=C)c3ccc(Cl)cc3)C23CC(Br)[C@@H]1S3. The molecule has 7 nitrogen and oxygen atoms in total. The number of alkyl halides is 1. The van der Waals surface area contributed by atoms with Gasteiger partial charge in [-0.25, -0.2) is 0 Å². The summed E-state index contributed by atoms with van der Waals surface area (Å²) in [4.78, 5) is 44.3. The van der Waals surface area contributed by atoms with Crippen molar-refractivity contribution in [2.24, 2.45) is 11.8 Å². The summed E-state index contributed by atoms with van der Waals surface area (Å²) in [5.41, 5.74) is 0.623. The first-order valence-corrected chi connectivity index (χ1v) is 13.6. The fourth-order valence-corrected chi connectivity index (χ4v) is 9.34. The molecule has 3 fully saturated rings. The van der Waals surface area contributed by atoms with Crippen LogP contribution in [0.15, 0.2) is 49.6 Å². The van der Waals surface area contributed by atoms with Crippen LogP contribution in [0.3, 0.4) is 0 Å². The third-order valence-corrected chi connectivity index (χ3v) is 10.5. The van der Waals surface area contributed by atoms with Gasteiger partial charge in [-0.1, -0.05) is 46.3 Å². The van der Waals surface area contributed by atoms with Crippen LogP contribution >= 0.6 is 39.3 Å². The maximum Gasteiger partial charge on any atom is 0.311 e. The summed E-state index contributed by atoms with van der Waals surface area (Å²) in [6.07, 6.45) is 3.65. The minimum atomic E-state index is -0.870. The Kier molecular flexibility index (Phi) is 7.71. The predicted octanol–water partition coefficient (Wildman–Crippen LogP) is 3.43. The summed E-state index contributed by atoms with van der Waals surface area (Å²) in [6, 6.07) is 5.42. The summed E-state index contributed by atoms with van der Waals surface area (Å²) >= 11 is 11.3. The minimum Gasteiger partial charge on any atom is -0.461 e. The van der Waals surface area contributed by atoms with Gasteiger partial charge >= 0.3 is 5.97 Å². The van der Waals surface area contributed by atoms with Crippen molar-refractivity contribution in [2.75, 3.05) is 24.7 Å². The highest BCUT2D eigenvalue weighted by Gasteiger charge is 2.76. The first kappa shape index (κ1) is 26.3. The number of anilines is 1. The van der Waals surface area contributed by atoms with Gasteiger partial charge in [-0.05, 0) is 37.6 Å². The van der Waals surface area contributed by atoms with Crippen LogP contribution in [0, 0.1) is 11.8 Å². The summed E-state index contributed by atoms with van der Waals surface area (Å²) in [7, 11) is 0. The molecule has 3 aliphatic rings. The molecule has 0 aromatic heterocycles. The molecule has 3 unspecified atom stereocenters. The molecule has 0 radical (unpaired) electrons. The number of hydrogen-bond donors (Lipinski definition) is 1. The van der Waals surface area contributed by atoms with Gasteiger partial charge in [0, 0.05) is 27.3 Å². The lowest BCUT2D eigenvalue weighted by Gasteiger charge is -2.39. The van der Waals surface area contributed by atoms with E-state index in [2.05, 4.69) is 29.1 Å². The van der Waals surface area contributed by atoms with E-state index in [9.17, 15) is 19.5 Å². The molecule has 2 amide bonds. The largest absolute Gasteiger partial charge is 0.461 e. The lowest BCUT2D eigenvalue weighted by Crippen LogP contribution is -2.57. The van der Waals surface area contributed by atoms with E-state index in [0.29, 0.717) is 17.1 Å². The van der Waals surface area contributed by atoms with Gasteiger partial charge in [0.2, 0.25) is 5.91 Å². The third kappa shape index (κ3) is 4.24.